The van der Waals surface area contributed by atoms with Crippen molar-refractivity contribution in [3.8, 4) is 0 Å². The van der Waals surface area contributed by atoms with Gasteiger partial charge in [-0.3, -0.25) is 10.1 Å². The zero-order valence-corrected chi connectivity index (χ0v) is 8.87. The number of alkyl carbamates (subject to hydrolysis) is 1. The number of ether oxygens (including phenoxy) is 1. The number of carbonyl (C=O) groups is 2. The van der Waals surface area contributed by atoms with Crippen LogP contribution in [-0.2, 0) is 4.74 Å². The molecule has 0 bridgehead atoms. The molecule has 1 heterocycles. The summed E-state index contributed by atoms with van der Waals surface area (Å²) in [6.45, 7) is 5.14. The number of imide groups is 1. The third-order valence-corrected chi connectivity index (χ3v) is 1.36. The zero-order valence-electron chi connectivity index (χ0n) is 8.87. The first-order chi connectivity index (χ1) is 6.88. The van der Waals surface area contributed by atoms with Crippen molar-refractivity contribution in [1.82, 2.24) is 5.32 Å². The fourth-order valence-corrected chi connectivity index (χ4v) is 0.866. The molecule has 1 rings (SSSR count). The highest BCUT2D eigenvalue weighted by molar-refractivity contribution is 6.01. The Morgan fingerprint density at radius 2 is 2.07 bits per heavy atom. The summed E-state index contributed by atoms with van der Waals surface area (Å²) in [4.78, 5) is 22.5. The Kier molecular flexibility index (Phi) is 3.14. The first-order valence-electron chi connectivity index (χ1n) is 4.46. The summed E-state index contributed by atoms with van der Waals surface area (Å²) in [6.07, 6.45) is 0.563. The van der Waals surface area contributed by atoms with Crippen LogP contribution in [0.3, 0.4) is 0 Å². The molecule has 0 aliphatic rings. The van der Waals surface area contributed by atoms with E-state index in [0.29, 0.717) is 0 Å². The topological polar surface area (TPSA) is 68.5 Å². The van der Waals surface area contributed by atoms with Crippen molar-refractivity contribution >= 4 is 12.0 Å². The predicted molar refractivity (Wildman–Crippen MR) is 52.4 cm³/mol. The van der Waals surface area contributed by atoms with Crippen molar-refractivity contribution in [3.05, 3.63) is 24.2 Å². The Hall–Kier alpha value is -1.78. The van der Waals surface area contributed by atoms with Crippen LogP contribution >= 0.6 is 0 Å². The maximum atomic E-state index is 11.3. The van der Waals surface area contributed by atoms with E-state index in [1.807, 2.05) is 5.32 Å². The fourth-order valence-electron chi connectivity index (χ4n) is 0.866. The normalized spacial score (nSPS) is 10.9. The second-order valence-electron chi connectivity index (χ2n) is 3.93. The smallest absolute Gasteiger partial charge is 0.414 e. The van der Waals surface area contributed by atoms with Crippen molar-refractivity contribution in [2.45, 2.75) is 26.4 Å². The molecule has 0 unspecified atom stereocenters. The van der Waals surface area contributed by atoms with Crippen LogP contribution in [-0.4, -0.2) is 17.6 Å². The standard InChI is InChI=1S/C10H13NO4/c1-10(2,3)15-9(13)11-8(12)7-5-4-6-14-7/h4-6H,1-3H3,(H,11,12,13). The summed E-state index contributed by atoms with van der Waals surface area (Å²) in [5.41, 5.74) is -0.631. The maximum Gasteiger partial charge on any atom is 0.414 e. The van der Waals surface area contributed by atoms with Gasteiger partial charge in [0, 0.05) is 0 Å². The monoisotopic (exact) mass is 211 g/mol. The lowest BCUT2D eigenvalue weighted by atomic mass is 10.2. The molecule has 0 radical (unpaired) electrons. The van der Waals surface area contributed by atoms with E-state index in [9.17, 15) is 9.59 Å². The fraction of sp³-hybridized carbons (Fsp3) is 0.400. The lowest BCUT2D eigenvalue weighted by molar-refractivity contribution is 0.0503. The van der Waals surface area contributed by atoms with Gasteiger partial charge in [-0.15, -0.1) is 0 Å². The summed E-state index contributed by atoms with van der Waals surface area (Å²) >= 11 is 0. The minimum atomic E-state index is -0.788. The van der Waals surface area contributed by atoms with E-state index in [1.54, 1.807) is 26.8 Å². The quantitative estimate of drug-likeness (QED) is 0.770. The molecule has 0 fully saturated rings. The Morgan fingerprint density at radius 3 is 2.53 bits per heavy atom. The molecule has 5 heteroatoms. The van der Waals surface area contributed by atoms with Crippen LogP contribution in [0.5, 0.6) is 0 Å². The molecule has 0 saturated carbocycles. The summed E-state index contributed by atoms with van der Waals surface area (Å²) < 4.78 is 9.70. The molecule has 82 valence electrons. The predicted octanol–water partition coefficient (Wildman–Crippen LogP) is 1.94. The highest BCUT2D eigenvalue weighted by Gasteiger charge is 2.19. The average molecular weight is 211 g/mol. The molecule has 0 aliphatic carbocycles. The molecule has 1 N–H and O–H groups in total. The van der Waals surface area contributed by atoms with Crippen LogP contribution in [0.2, 0.25) is 0 Å². The van der Waals surface area contributed by atoms with Gasteiger partial charge in [-0.1, -0.05) is 0 Å². The Balaban J connectivity index is 2.50. The second kappa shape index (κ2) is 4.16. The molecule has 2 amide bonds. The highest BCUT2D eigenvalue weighted by atomic mass is 16.6. The van der Waals surface area contributed by atoms with Crippen molar-refractivity contribution < 1.29 is 18.7 Å². The van der Waals surface area contributed by atoms with Gasteiger partial charge >= 0.3 is 6.09 Å². The van der Waals surface area contributed by atoms with E-state index in [-0.39, 0.29) is 5.76 Å². The van der Waals surface area contributed by atoms with Gasteiger partial charge in [0.1, 0.15) is 5.60 Å². The lowest BCUT2D eigenvalue weighted by Gasteiger charge is -2.18. The zero-order chi connectivity index (χ0) is 11.5. The number of hydrogen-bond acceptors (Lipinski definition) is 4. The van der Waals surface area contributed by atoms with Gasteiger partial charge in [0.25, 0.3) is 5.91 Å². The summed E-state index contributed by atoms with van der Waals surface area (Å²) in [6, 6.07) is 3.02. The van der Waals surface area contributed by atoms with Gasteiger partial charge in [-0.2, -0.15) is 0 Å². The SMILES string of the molecule is CC(C)(C)OC(=O)NC(=O)c1ccco1. The van der Waals surface area contributed by atoms with Crippen LogP contribution < -0.4 is 5.32 Å². The van der Waals surface area contributed by atoms with E-state index in [2.05, 4.69) is 0 Å². The second-order valence-corrected chi connectivity index (χ2v) is 3.93. The first kappa shape index (κ1) is 11.3. The van der Waals surface area contributed by atoms with Gasteiger partial charge < -0.3 is 9.15 Å². The van der Waals surface area contributed by atoms with E-state index in [0.717, 1.165) is 0 Å². The van der Waals surface area contributed by atoms with Crippen LogP contribution in [0.1, 0.15) is 31.3 Å². The number of hydrogen-bond donors (Lipinski definition) is 1. The van der Waals surface area contributed by atoms with Gasteiger partial charge in [0.2, 0.25) is 0 Å². The minimum Gasteiger partial charge on any atom is -0.459 e. The van der Waals surface area contributed by atoms with Crippen LogP contribution in [0, 0.1) is 0 Å². The Morgan fingerprint density at radius 1 is 1.40 bits per heavy atom. The Bertz CT molecular complexity index is 348. The van der Waals surface area contributed by atoms with Crippen LogP contribution in [0.4, 0.5) is 4.79 Å². The first-order valence-corrected chi connectivity index (χ1v) is 4.46. The maximum absolute atomic E-state index is 11.3. The number of furan rings is 1. The molecule has 0 spiro atoms. The Labute approximate surface area is 87.4 Å². The molecule has 0 aliphatic heterocycles. The molecule has 1 aromatic heterocycles. The van der Waals surface area contributed by atoms with Crippen LogP contribution in [0.15, 0.2) is 22.8 Å². The summed E-state index contributed by atoms with van der Waals surface area (Å²) in [7, 11) is 0. The molecular formula is C10H13NO4. The third kappa shape index (κ3) is 3.84. The summed E-state index contributed by atoms with van der Waals surface area (Å²) in [5, 5.41) is 2.05. The molecule has 5 nitrogen and oxygen atoms in total. The summed E-state index contributed by atoms with van der Waals surface area (Å²) in [5.74, 6) is -0.546. The van der Waals surface area contributed by atoms with E-state index in [1.165, 1.54) is 12.3 Å². The van der Waals surface area contributed by atoms with Gasteiger partial charge in [0.15, 0.2) is 5.76 Å². The highest BCUT2D eigenvalue weighted by Crippen LogP contribution is 2.07. The lowest BCUT2D eigenvalue weighted by Crippen LogP contribution is -2.36. The molecule has 15 heavy (non-hydrogen) atoms. The third-order valence-electron chi connectivity index (χ3n) is 1.36. The van der Waals surface area contributed by atoms with Crippen molar-refractivity contribution in [3.63, 3.8) is 0 Å². The number of rotatable bonds is 1. The van der Waals surface area contributed by atoms with E-state index < -0.39 is 17.6 Å². The molecule has 1 aromatic rings. The van der Waals surface area contributed by atoms with Gasteiger partial charge in [-0.05, 0) is 32.9 Å². The van der Waals surface area contributed by atoms with E-state index >= 15 is 0 Å². The average Bonchev–Trinajstić information content (AvgIpc) is 2.50. The number of carbonyl (C=O) groups excluding carboxylic acids is 2. The molecular weight excluding hydrogens is 198 g/mol. The number of amides is 2. The minimum absolute atomic E-state index is 0.0702. The van der Waals surface area contributed by atoms with E-state index in [4.69, 9.17) is 9.15 Å². The van der Waals surface area contributed by atoms with Crippen molar-refractivity contribution in [1.29, 1.82) is 0 Å². The van der Waals surface area contributed by atoms with Crippen molar-refractivity contribution in [2.24, 2.45) is 0 Å². The molecule has 0 aromatic carbocycles. The molecule has 0 saturated heterocycles. The number of nitrogens with one attached hydrogen (secondary N) is 1. The van der Waals surface area contributed by atoms with Gasteiger partial charge in [-0.25, -0.2) is 4.79 Å². The molecule has 0 atom stereocenters. The van der Waals surface area contributed by atoms with Crippen LogP contribution in [0.25, 0.3) is 0 Å². The van der Waals surface area contributed by atoms with Crippen molar-refractivity contribution in [2.75, 3.05) is 0 Å². The largest absolute Gasteiger partial charge is 0.459 e. The van der Waals surface area contributed by atoms with Gasteiger partial charge in [0.05, 0.1) is 6.26 Å².